The van der Waals surface area contributed by atoms with E-state index < -0.39 is 0 Å². The summed E-state index contributed by atoms with van der Waals surface area (Å²) >= 11 is 0. The lowest BCUT2D eigenvalue weighted by Gasteiger charge is -2.38. The van der Waals surface area contributed by atoms with E-state index in [4.69, 9.17) is 15.6 Å². The van der Waals surface area contributed by atoms with Crippen LogP contribution in [0.15, 0.2) is 23.0 Å². The Kier molecular flexibility index (Phi) is 12.3. The molecule has 1 aliphatic carbocycles. The summed E-state index contributed by atoms with van der Waals surface area (Å²) in [6.45, 7) is 16.0. The minimum Gasteiger partial charge on any atom is -0.394 e. The number of H-pyrrole nitrogens is 1. The second-order valence-electron chi connectivity index (χ2n) is 11.0. The Labute approximate surface area is 234 Å². The van der Waals surface area contributed by atoms with Gasteiger partial charge < -0.3 is 35.7 Å². The van der Waals surface area contributed by atoms with Crippen LogP contribution in [0, 0.1) is 0 Å². The Hall–Kier alpha value is -2.40. The standard InChI is InChI=1S/C29H51N7O3/c1-6-8-13-36(28-29(38)32-26(27(30)33-28)21(3)31-24-9-10-24)17-16-34(5)25-11-14-35(15-12-25)20-23(7-2)22(4)39-19-18-37/h7,22,24-25,31,37H,3,6,8-20H2,1-2,4-5H3,(H2,30,33)(H,32,38)/b23-7-. The topological polar surface area (TPSA) is 123 Å². The largest absolute Gasteiger partial charge is 0.394 e. The molecule has 10 nitrogen and oxygen atoms in total. The maximum Gasteiger partial charge on any atom is 0.291 e. The molecule has 220 valence electrons. The van der Waals surface area contributed by atoms with Crippen molar-refractivity contribution in [2.75, 3.05) is 70.2 Å². The summed E-state index contributed by atoms with van der Waals surface area (Å²) in [7, 11) is 2.18. The number of aromatic amines is 1. The highest BCUT2D eigenvalue weighted by molar-refractivity contribution is 5.68. The fraction of sp³-hybridized carbons (Fsp3) is 0.724. The molecule has 0 bridgehead atoms. The molecule has 10 heteroatoms. The van der Waals surface area contributed by atoms with Crippen molar-refractivity contribution in [3.05, 3.63) is 34.3 Å². The van der Waals surface area contributed by atoms with Crippen molar-refractivity contribution >= 4 is 17.3 Å². The summed E-state index contributed by atoms with van der Waals surface area (Å²) in [4.78, 5) is 27.6. The number of nitrogens with zero attached hydrogens (tertiary/aromatic N) is 4. The fourth-order valence-electron chi connectivity index (χ4n) is 5.15. The third-order valence-electron chi connectivity index (χ3n) is 7.92. The Balaban J connectivity index is 1.55. The molecule has 0 spiro atoms. The lowest BCUT2D eigenvalue weighted by atomic mass is 10.0. The van der Waals surface area contributed by atoms with E-state index in [1.54, 1.807) is 0 Å². The van der Waals surface area contributed by atoms with E-state index in [0.29, 0.717) is 41.7 Å². The number of piperidine rings is 1. The molecule has 1 aliphatic heterocycles. The number of nitrogen functional groups attached to an aromatic ring is 1. The first-order chi connectivity index (χ1) is 18.8. The van der Waals surface area contributed by atoms with Gasteiger partial charge in [-0.15, -0.1) is 0 Å². The number of aromatic nitrogens is 2. The average molecular weight is 546 g/mol. The Morgan fingerprint density at radius 2 is 2.03 bits per heavy atom. The summed E-state index contributed by atoms with van der Waals surface area (Å²) in [5, 5.41) is 12.3. The second-order valence-corrected chi connectivity index (χ2v) is 11.0. The summed E-state index contributed by atoms with van der Waals surface area (Å²) in [5.74, 6) is 0.699. The number of anilines is 2. The summed E-state index contributed by atoms with van der Waals surface area (Å²) < 4.78 is 5.71. The number of nitrogens with one attached hydrogen (secondary N) is 2. The quantitative estimate of drug-likeness (QED) is 0.219. The highest BCUT2D eigenvalue weighted by Gasteiger charge is 2.26. The zero-order chi connectivity index (χ0) is 28.4. The minimum absolute atomic E-state index is 0.0176. The van der Waals surface area contributed by atoms with Crippen LogP contribution in [-0.4, -0.2) is 103 Å². The molecule has 2 aliphatic rings. The van der Waals surface area contributed by atoms with E-state index in [9.17, 15) is 4.79 Å². The number of likely N-dealkylation sites (tertiary alicyclic amines) is 1. The maximum absolute atomic E-state index is 13.1. The van der Waals surface area contributed by atoms with Gasteiger partial charge in [0.25, 0.3) is 5.56 Å². The van der Waals surface area contributed by atoms with Crippen molar-refractivity contribution in [2.24, 2.45) is 0 Å². The zero-order valence-corrected chi connectivity index (χ0v) is 24.5. The number of hydrogen-bond donors (Lipinski definition) is 4. The zero-order valence-electron chi connectivity index (χ0n) is 24.5. The van der Waals surface area contributed by atoms with Gasteiger partial charge in [0.2, 0.25) is 0 Å². The highest BCUT2D eigenvalue weighted by atomic mass is 16.5. The molecule has 2 heterocycles. The van der Waals surface area contributed by atoms with Gasteiger partial charge in [-0.2, -0.15) is 0 Å². The molecular weight excluding hydrogens is 494 g/mol. The van der Waals surface area contributed by atoms with Gasteiger partial charge in [-0.05, 0) is 71.7 Å². The number of likely N-dealkylation sites (N-methyl/N-ethyl adjacent to an activating group) is 1. The molecule has 1 unspecified atom stereocenters. The van der Waals surface area contributed by atoms with Crippen molar-refractivity contribution in [1.82, 2.24) is 25.1 Å². The number of nitrogens with two attached hydrogens (primary N) is 1. The molecule has 0 aromatic carbocycles. The van der Waals surface area contributed by atoms with E-state index in [0.717, 1.165) is 77.8 Å². The highest BCUT2D eigenvalue weighted by Crippen LogP contribution is 2.24. The first kappa shape index (κ1) is 31.1. The van der Waals surface area contributed by atoms with Gasteiger partial charge in [-0.25, -0.2) is 4.98 Å². The first-order valence-electron chi connectivity index (χ1n) is 14.7. The van der Waals surface area contributed by atoms with E-state index in [2.05, 4.69) is 70.5 Å². The number of allylic oxidation sites excluding steroid dienone is 1. The molecule has 3 rings (SSSR count). The monoisotopic (exact) mass is 545 g/mol. The number of ether oxygens (including phenoxy) is 1. The van der Waals surface area contributed by atoms with Crippen molar-refractivity contribution < 1.29 is 9.84 Å². The van der Waals surface area contributed by atoms with Crippen LogP contribution >= 0.6 is 0 Å². The van der Waals surface area contributed by atoms with E-state index >= 15 is 0 Å². The van der Waals surface area contributed by atoms with Crippen molar-refractivity contribution in [3.63, 3.8) is 0 Å². The molecule has 0 radical (unpaired) electrons. The first-order valence-corrected chi connectivity index (χ1v) is 14.7. The van der Waals surface area contributed by atoms with Gasteiger partial charge in [0.1, 0.15) is 5.69 Å². The molecule has 1 aromatic rings. The average Bonchev–Trinajstić information content (AvgIpc) is 3.75. The van der Waals surface area contributed by atoms with Gasteiger partial charge in [0.05, 0.1) is 25.0 Å². The summed E-state index contributed by atoms with van der Waals surface area (Å²) in [6, 6.07) is 0.921. The molecule has 39 heavy (non-hydrogen) atoms. The predicted octanol–water partition coefficient (Wildman–Crippen LogP) is 2.42. The van der Waals surface area contributed by atoms with E-state index in [-0.39, 0.29) is 18.3 Å². The Bertz CT molecular complexity index is 999. The number of aliphatic hydroxyl groups excluding tert-OH is 1. The Morgan fingerprint density at radius 1 is 1.31 bits per heavy atom. The summed E-state index contributed by atoms with van der Waals surface area (Å²) in [6.07, 6.45) is 8.61. The molecule has 5 N–H and O–H groups in total. The van der Waals surface area contributed by atoms with Crippen LogP contribution < -0.4 is 21.5 Å². The van der Waals surface area contributed by atoms with Crippen molar-refractivity contribution in [3.8, 4) is 0 Å². The van der Waals surface area contributed by atoms with Gasteiger partial charge in [-0.3, -0.25) is 9.69 Å². The SMILES string of the molecule is C=C(NC1CC1)c1[nH]c(=O)c(N(CCCC)CCN(C)C2CCN(C/C(=C/C)C(C)OCCO)CC2)nc1N. The normalized spacial score (nSPS) is 17.9. The van der Waals surface area contributed by atoms with Gasteiger partial charge >= 0.3 is 0 Å². The maximum atomic E-state index is 13.1. The lowest BCUT2D eigenvalue weighted by Crippen LogP contribution is -2.47. The van der Waals surface area contributed by atoms with E-state index in [1.165, 1.54) is 5.57 Å². The Morgan fingerprint density at radius 3 is 2.64 bits per heavy atom. The number of hydrogen-bond acceptors (Lipinski definition) is 9. The molecular formula is C29H51N7O3. The molecule has 1 atom stereocenters. The molecule has 2 fully saturated rings. The number of unbranched alkanes of at least 4 members (excludes halogenated alkanes) is 1. The van der Waals surface area contributed by atoms with Crippen LogP contribution in [0.5, 0.6) is 0 Å². The van der Waals surface area contributed by atoms with Gasteiger partial charge in [0, 0.05) is 38.3 Å². The van der Waals surface area contributed by atoms with Crippen molar-refractivity contribution in [2.45, 2.75) is 77.5 Å². The van der Waals surface area contributed by atoms with Crippen LogP contribution in [0.2, 0.25) is 0 Å². The fourth-order valence-corrected chi connectivity index (χ4v) is 5.15. The lowest BCUT2D eigenvalue weighted by molar-refractivity contribution is 0.0518. The van der Waals surface area contributed by atoms with Crippen LogP contribution in [0.3, 0.4) is 0 Å². The van der Waals surface area contributed by atoms with Crippen LogP contribution in [0.25, 0.3) is 5.70 Å². The molecule has 1 saturated carbocycles. The summed E-state index contributed by atoms with van der Waals surface area (Å²) in [5.41, 5.74) is 8.44. The van der Waals surface area contributed by atoms with Crippen molar-refractivity contribution in [1.29, 1.82) is 0 Å². The third-order valence-corrected chi connectivity index (χ3v) is 7.92. The molecule has 1 saturated heterocycles. The van der Waals surface area contributed by atoms with Gasteiger partial charge in [-0.1, -0.05) is 26.0 Å². The van der Waals surface area contributed by atoms with Gasteiger partial charge in [0.15, 0.2) is 11.6 Å². The van der Waals surface area contributed by atoms with E-state index in [1.807, 2.05) is 0 Å². The predicted molar refractivity (Wildman–Crippen MR) is 160 cm³/mol. The third kappa shape index (κ3) is 9.34. The second kappa shape index (κ2) is 15.4. The number of rotatable bonds is 17. The van der Waals surface area contributed by atoms with Crippen LogP contribution in [-0.2, 0) is 4.74 Å². The van der Waals surface area contributed by atoms with Crippen LogP contribution in [0.1, 0.15) is 65.0 Å². The molecule has 1 aromatic heterocycles. The minimum atomic E-state index is -0.220. The smallest absolute Gasteiger partial charge is 0.291 e. The number of aliphatic hydroxyl groups is 1. The molecule has 0 amide bonds. The van der Waals surface area contributed by atoms with Crippen LogP contribution in [0.4, 0.5) is 11.6 Å².